The van der Waals surface area contributed by atoms with E-state index >= 15 is 0 Å². The van der Waals surface area contributed by atoms with E-state index in [0.717, 1.165) is 22.7 Å². The molecule has 0 amide bonds. The summed E-state index contributed by atoms with van der Waals surface area (Å²) in [7, 11) is 0. The molecule has 0 N–H and O–H groups in total. The van der Waals surface area contributed by atoms with Crippen molar-refractivity contribution in [3.05, 3.63) is 34.0 Å². The van der Waals surface area contributed by atoms with Crippen molar-refractivity contribution >= 4 is 17.1 Å². The van der Waals surface area contributed by atoms with Crippen molar-refractivity contribution in [1.82, 2.24) is 14.8 Å². The van der Waals surface area contributed by atoms with Gasteiger partial charge in [0.25, 0.3) is 0 Å². The van der Waals surface area contributed by atoms with E-state index in [0.29, 0.717) is 6.42 Å². The fourth-order valence-corrected chi connectivity index (χ4v) is 2.85. The molecule has 0 saturated heterocycles. The van der Waals surface area contributed by atoms with E-state index in [4.69, 9.17) is 0 Å². The minimum absolute atomic E-state index is 0.136. The number of thiophene rings is 1. The molecule has 0 spiro atoms. The van der Waals surface area contributed by atoms with Gasteiger partial charge in [-0.15, -0.1) is 11.3 Å². The van der Waals surface area contributed by atoms with Gasteiger partial charge in [0, 0.05) is 6.04 Å². The van der Waals surface area contributed by atoms with Gasteiger partial charge in [-0.2, -0.15) is 5.10 Å². The van der Waals surface area contributed by atoms with E-state index in [1.165, 1.54) is 17.7 Å². The largest absolute Gasteiger partial charge is 0.293 e. The molecular weight excluding hydrogens is 246 g/mol. The topological polar surface area (TPSA) is 47.8 Å². The summed E-state index contributed by atoms with van der Waals surface area (Å²) in [6.45, 7) is 6.13. The van der Waals surface area contributed by atoms with Crippen molar-refractivity contribution in [3.8, 4) is 0 Å². The molecule has 2 rings (SSSR count). The van der Waals surface area contributed by atoms with Crippen LogP contribution in [0.3, 0.4) is 0 Å². The van der Waals surface area contributed by atoms with E-state index in [1.807, 2.05) is 25.3 Å². The smallest absolute Gasteiger partial charge is 0.180 e. The van der Waals surface area contributed by atoms with Gasteiger partial charge in [-0.05, 0) is 37.3 Å². The first-order chi connectivity index (χ1) is 8.63. The van der Waals surface area contributed by atoms with Crippen LogP contribution in [0.4, 0.5) is 0 Å². The zero-order valence-electron chi connectivity index (χ0n) is 10.9. The van der Waals surface area contributed by atoms with Crippen LogP contribution in [0, 0.1) is 0 Å². The third kappa shape index (κ3) is 2.51. The highest BCUT2D eigenvalue weighted by Gasteiger charge is 2.16. The van der Waals surface area contributed by atoms with Crippen molar-refractivity contribution in [2.75, 3.05) is 0 Å². The van der Waals surface area contributed by atoms with Gasteiger partial charge >= 0.3 is 0 Å². The molecule has 0 atom stereocenters. The van der Waals surface area contributed by atoms with Gasteiger partial charge in [-0.3, -0.25) is 4.79 Å². The summed E-state index contributed by atoms with van der Waals surface area (Å²) in [5.74, 6) is 0.877. The van der Waals surface area contributed by atoms with Crippen molar-refractivity contribution in [2.24, 2.45) is 0 Å². The van der Waals surface area contributed by atoms with E-state index in [-0.39, 0.29) is 11.8 Å². The molecule has 0 aliphatic rings. The number of nitrogens with zero attached hydrogens (tertiary/aromatic N) is 3. The Hall–Kier alpha value is -1.49. The van der Waals surface area contributed by atoms with Gasteiger partial charge < -0.3 is 0 Å². The Morgan fingerprint density at radius 1 is 1.50 bits per heavy atom. The maximum Gasteiger partial charge on any atom is 0.180 e. The number of aryl methyl sites for hydroxylation is 1. The first-order valence-electron chi connectivity index (χ1n) is 6.11. The molecular formula is C13H17N3OS. The predicted molar refractivity (Wildman–Crippen MR) is 72.1 cm³/mol. The number of carbonyl (C=O) groups excluding carboxylic acids is 1. The molecule has 0 aliphatic carbocycles. The highest BCUT2D eigenvalue weighted by atomic mass is 32.1. The molecule has 18 heavy (non-hydrogen) atoms. The van der Waals surface area contributed by atoms with E-state index in [1.54, 1.807) is 4.68 Å². The lowest BCUT2D eigenvalue weighted by molar-refractivity contribution is 0.0992. The zero-order chi connectivity index (χ0) is 13.1. The summed E-state index contributed by atoms with van der Waals surface area (Å²) in [5.41, 5.74) is 1.13. The lowest BCUT2D eigenvalue weighted by Gasteiger charge is -2.08. The van der Waals surface area contributed by atoms with Gasteiger partial charge in [-0.1, -0.05) is 6.92 Å². The van der Waals surface area contributed by atoms with Crippen LogP contribution in [0.5, 0.6) is 0 Å². The van der Waals surface area contributed by atoms with Crippen LogP contribution in [0.1, 0.15) is 47.9 Å². The highest BCUT2D eigenvalue weighted by Crippen LogP contribution is 2.19. The molecule has 0 fully saturated rings. The minimum Gasteiger partial charge on any atom is -0.293 e. The maximum absolute atomic E-state index is 12.3. The average molecular weight is 263 g/mol. The minimum atomic E-state index is 0.136. The third-order valence-electron chi connectivity index (χ3n) is 2.84. The molecule has 4 nitrogen and oxygen atoms in total. The van der Waals surface area contributed by atoms with Gasteiger partial charge in [0.15, 0.2) is 5.78 Å². The average Bonchev–Trinajstić information content (AvgIpc) is 2.96. The number of carbonyl (C=O) groups is 1. The first kappa shape index (κ1) is 13.0. The molecule has 0 saturated carbocycles. The van der Waals surface area contributed by atoms with Crippen LogP contribution in [0.25, 0.3) is 0 Å². The number of rotatable bonds is 5. The predicted octanol–water partition coefficient (Wildman–Crippen LogP) is 2.91. The maximum atomic E-state index is 12.3. The second-order valence-electron chi connectivity index (χ2n) is 4.44. The highest BCUT2D eigenvalue weighted by molar-refractivity contribution is 7.12. The lowest BCUT2D eigenvalue weighted by Crippen LogP contribution is -2.13. The Balaban J connectivity index is 2.19. The molecule has 5 heteroatoms. The van der Waals surface area contributed by atoms with E-state index < -0.39 is 0 Å². The van der Waals surface area contributed by atoms with Crippen LogP contribution in [-0.2, 0) is 12.8 Å². The molecule has 0 unspecified atom stereocenters. The Labute approximate surface area is 111 Å². The summed E-state index contributed by atoms with van der Waals surface area (Å²) in [5, 5.41) is 6.12. The molecule has 0 aromatic carbocycles. The second kappa shape index (κ2) is 5.44. The molecule has 2 heterocycles. The molecule has 2 aromatic rings. The first-order valence-corrected chi connectivity index (χ1v) is 6.99. The van der Waals surface area contributed by atoms with E-state index in [9.17, 15) is 4.79 Å². The quantitative estimate of drug-likeness (QED) is 0.779. The van der Waals surface area contributed by atoms with Crippen molar-refractivity contribution in [2.45, 2.75) is 39.7 Å². The van der Waals surface area contributed by atoms with Gasteiger partial charge in [0.1, 0.15) is 12.2 Å². The van der Waals surface area contributed by atoms with Crippen LogP contribution in [-0.4, -0.2) is 20.5 Å². The standard InChI is InChI=1S/C13H17N3OS/c1-4-10-5-6-18-13(10)11(17)7-12-14-8-15-16(12)9(2)3/h5-6,8-9H,4,7H2,1-3H3. The number of hydrogen-bond donors (Lipinski definition) is 0. The number of aromatic nitrogens is 3. The van der Waals surface area contributed by atoms with Crippen LogP contribution in [0.15, 0.2) is 17.8 Å². The summed E-state index contributed by atoms with van der Waals surface area (Å²) in [6.07, 6.45) is 2.73. The third-order valence-corrected chi connectivity index (χ3v) is 3.83. The Bertz CT molecular complexity index is 542. The summed E-state index contributed by atoms with van der Waals surface area (Å²) in [4.78, 5) is 17.3. The van der Waals surface area contributed by atoms with Crippen molar-refractivity contribution < 1.29 is 4.79 Å². The summed E-state index contributed by atoms with van der Waals surface area (Å²) in [6, 6.07) is 2.25. The molecule has 96 valence electrons. The number of hydrogen-bond acceptors (Lipinski definition) is 4. The SMILES string of the molecule is CCc1ccsc1C(=O)Cc1ncnn1C(C)C. The summed E-state index contributed by atoms with van der Waals surface area (Å²) < 4.78 is 1.80. The van der Waals surface area contributed by atoms with Gasteiger partial charge in [0.2, 0.25) is 0 Å². The van der Waals surface area contributed by atoms with Crippen LogP contribution in [0.2, 0.25) is 0 Å². The number of Topliss-reactive ketones (excluding diaryl/α,β-unsaturated/α-hetero) is 1. The second-order valence-corrected chi connectivity index (χ2v) is 5.36. The molecule has 0 aliphatic heterocycles. The molecule has 0 bridgehead atoms. The zero-order valence-corrected chi connectivity index (χ0v) is 11.7. The summed E-state index contributed by atoms with van der Waals surface area (Å²) >= 11 is 1.51. The molecule has 0 radical (unpaired) electrons. The van der Waals surface area contributed by atoms with Crippen LogP contribution >= 0.6 is 11.3 Å². The van der Waals surface area contributed by atoms with Crippen LogP contribution < -0.4 is 0 Å². The normalized spacial score (nSPS) is 11.1. The Kier molecular flexibility index (Phi) is 3.91. The van der Waals surface area contributed by atoms with Gasteiger partial charge in [-0.25, -0.2) is 9.67 Å². The molecule has 2 aromatic heterocycles. The lowest BCUT2D eigenvalue weighted by atomic mass is 10.1. The van der Waals surface area contributed by atoms with Crippen molar-refractivity contribution in [1.29, 1.82) is 0 Å². The monoisotopic (exact) mass is 263 g/mol. The Morgan fingerprint density at radius 2 is 2.28 bits per heavy atom. The van der Waals surface area contributed by atoms with Gasteiger partial charge in [0.05, 0.1) is 11.3 Å². The fraction of sp³-hybridized carbons (Fsp3) is 0.462. The van der Waals surface area contributed by atoms with E-state index in [2.05, 4.69) is 17.0 Å². The van der Waals surface area contributed by atoms with Crippen molar-refractivity contribution in [3.63, 3.8) is 0 Å². The Morgan fingerprint density at radius 3 is 2.94 bits per heavy atom. The fourth-order valence-electron chi connectivity index (χ4n) is 1.91. The number of ketones is 1.